The molecule has 1 aromatic heterocycles. The Balaban J connectivity index is 1.78. The van der Waals surface area contributed by atoms with E-state index in [0.717, 1.165) is 37.5 Å². The van der Waals surface area contributed by atoms with E-state index < -0.39 is 0 Å². The average Bonchev–Trinajstić information content (AvgIpc) is 3.00. The molecule has 1 aromatic rings. The van der Waals surface area contributed by atoms with Crippen molar-refractivity contribution in [2.45, 2.75) is 38.9 Å². The van der Waals surface area contributed by atoms with Crippen LogP contribution in [0.2, 0.25) is 0 Å². The van der Waals surface area contributed by atoms with Gasteiger partial charge in [0.2, 0.25) is 0 Å². The Labute approximate surface area is 113 Å². The molecule has 0 spiro atoms. The molecular formula is C13H23N3OS. The smallest absolute Gasteiger partial charge is 0.151 e. The quantitative estimate of drug-likeness (QED) is 0.768. The summed E-state index contributed by atoms with van der Waals surface area (Å²) < 4.78 is 5.39. The minimum absolute atomic E-state index is 0.696. The maximum Gasteiger partial charge on any atom is 0.151 e. The molecule has 1 fully saturated rings. The van der Waals surface area contributed by atoms with Gasteiger partial charge in [-0.15, -0.1) is 0 Å². The number of nitrogens with one attached hydrogen (secondary N) is 1. The van der Waals surface area contributed by atoms with Gasteiger partial charge in [-0.05, 0) is 32.2 Å². The monoisotopic (exact) mass is 269 g/mol. The van der Waals surface area contributed by atoms with Crippen molar-refractivity contribution in [2.75, 3.05) is 25.1 Å². The van der Waals surface area contributed by atoms with Crippen molar-refractivity contribution in [3.63, 3.8) is 0 Å². The molecule has 1 aliphatic rings. The summed E-state index contributed by atoms with van der Waals surface area (Å²) in [7, 11) is 2.17. The van der Waals surface area contributed by atoms with Gasteiger partial charge in [-0.3, -0.25) is 4.90 Å². The lowest BCUT2D eigenvalue weighted by atomic mass is 10.2. The number of aromatic nitrogens is 1. The summed E-state index contributed by atoms with van der Waals surface area (Å²) in [6.45, 7) is 4.86. The first-order valence-electron chi connectivity index (χ1n) is 6.72. The molecule has 2 heterocycles. The number of hydrogen-bond acceptors (Lipinski definition) is 5. The van der Waals surface area contributed by atoms with Crippen LogP contribution in [0, 0.1) is 0 Å². The SMILES string of the molecule is CCCNCc1cc(CN(C)C2CCSC2)on1. The Morgan fingerprint density at radius 3 is 3.22 bits per heavy atom. The maximum atomic E-state index is 5.39. The average molecular weight is 269 g/mol. The summed E-state index contributed by atoms with van der Waals surface area (Å²) in [5.41, 5.74) is 1.01. The van der Waals surface area contributed by atoms with E-state index in [9.17, 15) is 0 Å². The number of thioether (sulfide) groups is 1. The van der Waals surface area contributed by atoms with Gasteiger partial charge < -0.3 is 9.84 Å². The molecule has 0 aromatic carbocycles. The molecule has 1 aliphatic heterocycles. The van der Waals surface area contributed by atoms with Gasteiger partial charge in [0.15, 0.2) is 5.76 Å². The highest BCUT2D eigenvalue weighted by Gasteiger charge is 2.21. The van der Waals surface area contributed by atoms with Gasteiger partial charge in [0.25, 0.3) is 0 Å². The zero-order valence-corrected chi connectivity index (χ0v) is 12.1. The normalized spacial score (nSPS) is 19.8. The molecule has 102 valence electrons. The third kappa shape index (κ3) is 4.00. The Morgan fingerprint density at radius 2 is 2.50 bits per heavy atom. The standard InChI is InChI=1S/C13H23N3OS/c1-3-5-14-8-11-7-13(17-15-11)9-16(2)12-4-6-18-10-12/h7,12,14H,3-6,8-10H2,1-2H3. The van der Waals surface area contributed by atoms with Crippen LogP contribution >= 0.6 is 11.8 Å². The minimum Gasteiger partial charge on any atom is -0.360 e. The Kier molecular flexibility index (Phi) is 5.53. The van der Waals surface area contributed by atoms with E-state index in [1.807, 2.05) is 11.8 Å². The molecule has 1 saturated heterocycles. The summed E-state index contributed by atoms with van der Waals surface area (Å²) in [5.74, 6) is 3.51. The molecule has 2 rings (SSSR count). The van der Waals surface area contributed by atoms with E-state index in [0.29, 0.717) is 6.04 Å². The van der Waals surface area contributed by atoms with E-state index in [1.54, 1.807) is 0 Å². The fourth-order valence-corrected chi connectivity index (χ4v) is 3.45. The lowest BCUT2D eigenvalue weighted by Crippen LogP contribution is -2.30. The van der Waals surface area contributed by atoms with Crippen LogP contribution < -0.4 is 5.32 Å². The highest BCUT2D eigenvalue weighted by atomic mass is 32.2. The Morgan fingerprint density at radius 1 is 1.61 bits per heavy atom. The first-order chi connectivity index (χ1) is 8.79. The second kappa shape index (κ2) is 7.16. The maximum absolute atomic E-state index is 5.39. The van der Waals surface area contributed by atoms with Crippen molar-refractivity contribution in [1.29, 1.82) is 0 Å². The minimum atomic E-state index is 0.696. The fourth-order valence-electron chi connectivity index (χ4n) is 2.15. The van der Waals surface area contributed by atoms with Crippen LogP contribution in [-0.2, 0) is 13.1 Å². The van der Waals surface area contributed by atoms with Gasteiger partial charge in [-0.25, -0.2) is 0 Å². The lowest BCUT2D eigenvalue weighted by molar-refractivity contribution is 0.222. The van der Waals surface area contributed by atoms with Gasteiger partial charge in [0, 0.05) is 24.4 Å². The van der Waals surface area contributed by atoms with Crippen LogP contribution in [0.5, 0.6) is 0 Å². The Hall–Kier alpha value is -0.520. The lowest BCUT2D eigenvalue weighted by Gasteiger charge is -2.21. The topological polar surface area (TPSA) is 41.3 Å². The zero-order valence-electron chi connectivity index (χ0n) is 11.3. The third-order valence-corrected chi connectivity index (χ3v) is 4.42. The summed E-state index contributed by atoms with van der Waals surface area (Å²) in [6, 6.07) is 2.77. The predicted octanol–water partition coefficient (Wildman–Crippen LogP) is 2.11. The summed E-state index contributed by atoms with van der Waals surface area (Å²) in [6.07, 6.45) is 2.44. The van der Waals surface area contributed by atoms with E-state index in [2.05, 4.69) is 35.4 Å². The van der Waals surface area contributed by atoms with Crippen LogP contribution in [0.25, 0.3) is 0 Å². The van der Waals surface area contributed by atoms with Gasteiger partial charge >= 0.3 is 0 Å². The largest absolute Gasteiger partial charge is 0.360 e. The van der Waals surface area contributed by atoms with Crippen LogP contribution in [0.15, 0.2) is 10.6 Å². The molecule has 0 aliphatic carbocycles. The van der Waals surface area contributed by atoms with Crippen molar-refractivity contribution >= 4 is 11.8 Å². The molecule has 0 saturated carbocycles. The predicted molar refractivity (Wildman–Crippen MR) is 75.7 cm³/mol. The molecule has 5 heteroatoms. The van der Waals surface area contributed by atoms with Gasteiger partial charge in [0.05, 0.1) is 12.2 Å². The second-order valence-corrected chi connectivity index (χ2v) is 6.04. The van der Waals surface area contributed by atoms with Crippen molar-refractivity contribution in [2.24, 2.45) is 0 Å². The molecule has 1 N–H and O–H groups in total. The first-order valence-corrected chi connectivity index (χ1v) is 7.88. The van der Waals surface area contributed by atoms with E-state index >= 15 is 0 Å². The van der Waals surface area contributed by atoms with E-state index in [-0.39, 0.29) is 0 Å². The zero-order chi connectivity index (χ0) is 12.8. The van der Waals surface area contributed by atoms with Gasteiger partial charge in [0.1, 0.15) is 0 Å². The van der Waals surface area contributed by atoms with Crippen molar-refractivity contribution in [3.8, 4) is 0 Å². The van der Waals surface area contributed by atoms with Crippen molar-refractivity contribution < 1.29 is 4.52 Å². The van der Waals surface area contributed by atoms with E-state index in [1.165, 1.54) is 17.9 Å². The van der Waals surface area contributed by atoms with Crippen LogP contribution in [0.1, 0.15) is 31.2 Å². The summed E-state index contributed by atoms with van der Waals surface area (Å²) in [4.78, 5) is 2.38. The molecule has 1 atom stereocenters. The second-order valence-electron chi connectivity index (χ2n) is 4.89. The van der Waals surface area contributed by atoms with Crippen molar-refractivity contribution in [1.82, 2.24) is 15.4 Å². The highest BCUT2D eigenvalue weighted by Crippen LogP contribution is 2.22. The molecule has 0 bridgehead atoms. The van der Waals surface area contributed by atoms with Crippen LogP contribution in [0.4, 0.5) is 0 Å². The summed E-state index contributed by atoms with van der Waals surface area (Å²) in [5, 5.41) is 7.43. The van der Waals surface area contributed by atoms with Crippen LogP contribution in [0.3, 0.4) is 0 Å². The van der Waals surface area contributed by atoms with Gasteiger partial charge in [-0.1, -0.05) is 12.1 Å². The molecule has 0 amide bonds. The molecule has 1 unspecified atom stereocenters. The fraction of sp³-hybridized carbons (Fsp3) is 0.769. The third-order valence-electron chi connectivity index (χ3n) is 3.27. The number of hydrogen-bond donors (Lipinski definition) is 1. The number of nitrogens with zero attached hydrogens (tertiary/aromatic N) is 2. The number of rotatable bonds is 7. The molecule has 0 radical (unpaired) electrons. The summed E-state index contributed by atoms with van der Waals surface area (Å²) >= 11 is 2.04. The first kappa shape index (κ1) is 13.9. The Bertz CT molecular complexity index is 350. The van der Waals surface area contributed by atoms with E-state index in [4.69, 9.17) is 4.52 Å². The molecular weight excluding hydrogens is 246 g/mol. The van der Waals surface area contributed by atoms with Crippen LogP contribution in [-0.4, -0.2) is 41.2 Å². The highest BCUT2D eigenvalue weighted by molar-refractivity contribution is 7.99. The molecule has 18 heavy (non-hydrogen) atoms. The van der Waals surface area contributed by atoms with Gasteiger partial charge in [-0.2, -0.15) is 11.8 Å². The van der Waals surface area contributed by atoms with Crippen molar-refractivity contribution in [3.05, 3.63) is 17.5 Å². The molecule has 4 nitrogen and oxygen atoms in total.